The van der Waals surface area contributed by atoms with Crippen molar-refractivity contribution >= 4 is 23.8 Å². The number of carbonyl (C=O) groups is 2. The van der Waals surface area contributed by atoms with Gasteiger partial charge >= 0.3 is 12.0 Å². The maximum Gasteiger partial charge on any atom is 0.320 e. The van der Waals surface area contributed by atoms with Crippen LogP contribution >= 0.6 is 11.8 Å². The number of likely N-dealkylation sites (tertiary alicyclic amines) is 1. The molecule has 120 valence electrons. The molecule has 0 bridgehead atoms. The van der Waals surface area contributed by atoms with E-state index >= 15 is 0 Å². The standard InChI is InChI=1S/C15H26N2O3S/c1-4-5-15(12(18)19)6-7-16(11-15)13(20)17-8-9-21-14(2,3)10-17/h4-11H2,1-3H3,(H,18,19). The van der Waals surface area contributed by atoms with Gasteiger partial charge in [0.2, 0.25) is 0 Å². The Morgan fingerprint density at radius 2 is 1.86 bits per heavy atom. The third kappa shape index (κ3) is 3.47. The molecule has 2 aliphatic rings. The predicted octanol–water partition coefficient (Wildman–Crippen LogP) is 2.51. The number of carboxylic acid groups (broad SMARTS) is 1. The Labute approximate surface area is 131 Å². The number of thioether (sulfide) groups is 1. The van der Waals surface area contributed by atoms with Crippen LogP contribution in [0.1, 0.15) is 40.0 Å². The second-order valence-corrected chi connectivity index (χ2v) is 8.62. The number of hydrogen-bond donors (Lipinski definition) is 1. The molecule has 5 nitrogen and oxygen atoms in total. The van der Waals surface area contributed by atoms with Gasteiger partial charge < -0.3 is 14.9 Å². The first kappa shape index (κ1) is 16.5. The number of amides is 2. The minimum Gasteiger partial charge on any atom is -0.481 e. The number of hydrogen-bond acceptors (Lipinski definition) is 3. The van der Waals surface area contributed by atoms with Gasteiger partial charge in [-0.2, -0.15) is 11.8 Å². The van der Waals surface area contributed by atoms with Crippen LogP contribution in [0.5, 0.6) is 0 Å². The van der Waals surface area contributed by atoms with Crippen LogP contribution in [0, 0.1) is 5.41 Å². The van der Waals surface area contributed by atoms with Crippen LogP contribution in [-0.4, -0.2) is 63.6 Å². The molecule has 21 heavy (non-hydrogen) atoms. The van der Waals surface area contributed by atoms with Gasteiger partial charge in [-0.1, -0.05) is 13.3 Å². The molecule has 6 heteroatoms. The number of urea groups is 1. The molecule has 0 aromatic rings. The van der Waals surface area contributed by atoms with Gasteiger partial charge in [0.25, 0.3) is 0 Å². The third-order valence-electron chi connectivity index (χ3n) is 4.50. The molecule has 1 unspecified atom stereocenters. The zero-order valence-electron chi connectivity index (χ0n) is 13.2. The van der Waals surface area contributed by atoms with Crippen LogP contribution in [0.3, 0.4) is 0 Å². The smallest absolute Gasteiger partial charge is 0.320 e. The first-order valence-electron chi connectivity index (χ1n) is 7.71. The fourth-order valence-corrected chi connectivity index (χ4v) is 4.49. The average Bonchev–Trinajstić information content (AvgIpc) is 2.83. The van der Waals surface area contributed by atoms with Crippen molar-refractivity contribution in [1.29, 1.82) is 0 Å². The highest BCUT2D eigenvalue weighted by Gasteiger charge is 2.46. The van der Waals surface area contributed by atoms with Crippen LogP contribution in [0.4, 0.5) is 4.79 Å². The maximum atomic E-state index is 12.7. The molecule has 1 N–H and O–H groups in total. The number of nitrogens with zero attached hydrogens (tertiary/aromatic N) is 2. The SMILES string of the molecule is CCCC1(C(=O)O)CCN(C(=O)N2CCSC(C)(C)C2)C1. The Balaban J connectivity index is 2.03. The van der Waals surface area contributed by atoms with Gasteiger partial charge in [0, 0.05) is 36.7 Å². The second kappa shape index (κ2) is 6.07. The number of carbonyl (C=O) groups excluding carboxylic acids is 1. The first-order chi connectivity index (χ1) is 9.80. The van der Waals surface area contributed by atoms with Gasteiger partial charge in [-0.25, -0.2) is 4.79 Å². The zero-order chi connectivity index (χ0) is 15.7. The van der Waals surface area contributed by atoms with E-state index in [-0.39, 0.29) is 10.8 Å². The van der Waals surface area contributed by atoms with Crippen molar-refractivity contribution in [3.05, 3.63) is 0 Å². The Morgan fingerprint density at radius 3 is 2.43 bits per heavy atom. The highest BCUT2D eigenvalue weighted by Crippen LogP contribution is 2.37. The van der Waals surface area contributed by atoms with Gasteiger partial charge in [-0.15, -0.1) is 0 Å². The van der Waals surface area contributed by atoms with Gasteiger partial charge in [0.15, 0.2) is 0 Å². The third-order valence-corrected chi connectivity index (χ3v) is 5.80. The van der Waals surface area contributed by atoms with Gasteiger partial charge in [-0.05, 0) is 26.7 Å². The monoisotopic (exact) mass is 314 g/mol. The normalized spacial score (nSPS) is 28.7. The molecule has 2 amide bonds. The van der Waals surface area contributed by atoms with Crippen molar-refractivity contribution in [2.45, 2.75) is 44.8 Å². The molecule has 2 aliphatic heterocycles. The summed E-state index contributed by atoms with van der Waals surface area (Å²) < 4.78 is 0.0843. The van der Waals surface area contributed by atoms with Crippen LogP contribution in [0.2, 0.25) is 0 Å². The molecule has 0 aromatic heterocycles. The Bertz CT molecular complexity index is 427. The van der Waals surface area contributed by atoms with E-state index in [2.05, 4.69) is 13.8 Å². The minimum absolute atomic E-state index is 0.0163. The van der Waals surface area contributed by atoms with E-state index < -0.39 is 11.4 Å². The van der Waals surface area contributed by atoms with Crippen LogP contribution in [0.15, 0.2) is 0 Å². The average molecular weight is 314 g/mol. The summed E-state index contributed by atoms with van der Waals surface area (Å²) in [6.45, 7) is 8.73. The summed E-state index contributed by atoms with van der Waals surface area (Å²) in [5, 5.41) is 9.53. The summed E-state index contributed by atoms with van der Waals surface area (Å²) >= 11 is 1.89. The van der Waals surface area contributed by atoms with Crippen molar-refractivity contribution in [1.82, 2.24) is 9.80 Å². The molecule has 0 spiro atoms. The molecular formula is C15H26N2O3S. The van der Waals surface area contributed by atoms with E-state index in [0.717, 1.165) is 25.3 Å². The van der Waals surface area contributed by atoms with E-state index in [1.54, 1.807) is 4.90 Å². The Morgan fingerprint density at radius 1 is 1.19 bits per heavy atom. The Kier molecular flexibility index (Phi) is 4.76. The quantitative estimate of drug-likeness (QED) is 0.869. The van der Waals surface area contributed by atoms with Crippen molar-refractivity contribution in [2.24, 2.45) is 5.41 Å². The number of aliphatic carboxylic acids is 1. The highest BCUT2D eigenvalue weighted by atomic mass is 32.2. The second-order valence-electron chi connectivity index (χ2n) is 6.82. The van der Waals surface area contributed by atoms with Crippen LogP contribution < -0.4 is 0 Å². The van der Waals surface area contributed by atoms with E-state index in [0.29, 0.717) is 25.9 Å². The van der Waals surface area contributed by atoms with Crippen molar-refractivity contribution in [3.8, 4) is 0 Å². The molecule has 0 aliphatic carbocycles. The highest BCUT2D eigenvalue weighted by molar-refractivity contribution is 8.00. The van der Waals surface area contributed by atoms with Crippen molar-refractivity contribution in [3.63, 3.8) is 0 Å². The lowest BCUT2D eigenvalue weighted by atomic mass is 9.83. The number of rotatable bonds is 3. The maximum absolute atomic E-state index is 12.7. The molecule has 0 saturated carbocycles. The first-order valence-corrected chi connectivity index (χ1v) is 8.69. The molecule has 1 atom stereocenters. The molecule has 2 saturated heterocycles. The Hall–Kier alpha value is -0.910. The molecule has 0 radical (unpaired) electrons. The van der Waals surface area contributed by atoms with Crippen molar-refractivity contribution < 1.29 is 14.7 Å². The largest absolute Gasteiger partial charge is 0.481 e. The van der Waals surface area contributed by atoms with Gasteiger partial charge in [-0.3, -0.25) is 4.79 Å². The summed E-state index contributed by atoms with van der Waals surface area (Å²) in [6, 6.07) is 0.0163. The molecule has 2 rings (SSSR count). The summed E-state index contributed by atoms with van der Waals surface area (Å²) in [7, 11) is 0. The fraction of sp³-hybridized carbons (Fsp3) is 0.867. The van der Waals surface area contributed by atoms with Gasteiger partial charge in [0.05, 0.1) is 5.41 Å². The summed E-state index contributed by atoms with van der Waals surface area (Å²) in [5.41, 5.74) is -0.732. The van der Waals surface area contributed by atoms with E-state index in [1.165, 1.54) is 0 Å². The lowest BCUT2D eigenvalue weighted by molar-refractivity contribution is -0.148. The summed E-state index contributed by atoms with van der Waals surface area (Å²) in [6.07, 6.45) is 2.06. The van der Waals surface area contributed by atoms with Gasteiger partial charge in [0.1, 0.15) is 0 Å². The summed E-state index contributed by atoms with van der Waals surface area (Å²) in [5.74, 6) is 0.195. The lowest BCUT2D eigenvalue weighted by Gasteiger charge is -2.39. The van der Waals surface area contributed by atoms with Crippen molar-refractivity contribution in [2.75, 3.05) is 31.9 Å². The zero-order valence-corrected chi connectivity index (χ0v) is 14.0. The molecule has 2 heterocycles. The topological polar surface area (TPSA) is 60.9 Å². The predicted molar refractivity (Wildman–Crippen MR) is 84.7 cm³/mol. The lowest BCUT2D eigenvalue weighted by Crippen LogP contribution is -2.51. The summed E-state index contributed by atoms with van der Waals surface area (Å²) in [4.78, 5) is 27.9. The molecule has 2 fully saturated rings. The van der Waals surface area contributed by atoms with Crippen LogP contribution in [0.25, 0.3) is 0 Å². The number of carboxylic acids is 1. The van der Waals surface area contributed by atoms with E-state index in [4.69, 9.17) is 0 Å². The van der Waals surface area contributed by atoms with E-state index in [1.807, 2.05) is 23.6 Å². The minimum atomic E-state index is -0.755. The molecular weight excluding hydrogens is 288 g/mol. The van der Waals surface area contributed by atoms with E-state index in [9.17, 15) is 14.7 Å². The fourth-order valence-electron chi connectivity index (χ4n) is 3.38. The molecule has 0 aromatic carbocycles. The van der Waals surface area contributed by atoms with Crippen LogP contribution in [-0.2, 0) is 4.79 Å².